The molecule has 1 saturated carbocycles. The zero-order chi connectivity index (χ0) is 12.4. The van der Waals surface area contributed by atoms with Crippen LogP contribution < -0.4 is 10.6 Å². The van der Waals surface area contributed by atoms with Crippen LogP contribution in [0.2, 0.25) is 0 Å². The summed E-state index contributed by atoms with van der Waals surface area (Å²) in [6.07, 6.45) is 4.61. The molecule has 0 amide bonds. The SMILES string of the molecule is Cc1nc(N(C)C2CCC(N)CC2)ccc1Br. The van der Waals surface area contributed by atoms with Gasteiger partial charge in [0.05, 0.1) is 5.69 Å². The summed E-state index contributed by atoms with van der Waals surface area (Å²) in [6, 6.07) is 5.14. The average Bonchev–Trinajstić information content (AvgIpc) is 2.33. The molecule has 1 aromatic rings. The smallest absolute Gasteiger partial charge is 0.128 e. The van der Waals surface area contributed by atoms with Gasteiger partial charge in [0.25, 0.3) is 0 Å². The fourth-order valence-electron chi connectivity index (χ4n) is 2.40. The molecule has 1 fully saturated rings. The van der Waals surface area contributed by atoms with Crippen molar-refractivity contribution in [3.8, 4) is 0 Å². The largest absolute Gasteiger partial charge is 0.357 e. The third-order valence-corrected chi connectivity index (χ3v) is 4.50. The van der Waals surface area contributed by atoms with Gasteiger partial charge < -0.3 is 10.6 Å². The number of rotatable bonds is 2. The van der Waals surface area contributed by atoms with Crippen LogP contribution in [-0.2, 0) is 0 Å². The van der Waals surface area contributed by atoms with Crippen LogP contribution in [0.4, 0.5) is 5.82 Å². The number of hydrogen-bond donors (Lipinski definition) is 1. The van der Waals surface area contributed by atoms with E-state index in [4.69, 9.17) is 5.73 Å². The first-order chi connectivity index (χ1) is 8.08. The Kier molecular flexibility index (Phi) is 4.05. The summed E-state index contributed by atoms with van der Waals surface area (Å²) < 4.78 is 1.07. The first-order valence-corrected chi connectivity index (χ1v) is 6.99. The lowest BCUT2D eigenvalue weighted by atomic mass is 9.91. The summed E-state index contributed by atoms with van der Waals surface area (Å²) in [7, 11) is 2.14. The molecule has 2 N–H and O–H groups in total. The number of anilines is 1. The van der Waals surface area contributed by atoms with Crippen molar-refractivity contribution in [2.75, 3.05) is 11.9 Å². The molecule has 4 heteroatoms. The van der Waals surface area contributed by atoms with Crippen LogP contribution in [0.25, 0.3) is 0 Å². The summed E-state index contributed by atoms with van der Waals surface area (Å²) in [6.45, 7) is 2.03. The summed E-state index contributed by atoms with van der Waals surface area (Å²) in [5.74, 6) is 1.06. The second-order valence-electron chi connectivity index (χ2n) is 4.92. The molecule has 17 heavy (non-hydrogen) atoms. The van der Waals surface area contributed by atoms with Crippen molar-refractivity contribution < 1.29 is 0 Å². The summed E-state index contributed by atoms with van der Waals surface area (Å²) in [4.78, 5) is 6.91. The van der Waals surface area contributed by atoms with Crippen molar-refractivity contribution in [1.82, 2.24) is 4.98 Å². The quantitative estimate of drug-likeness (QED) is 0.913. The van der Waals surface area contributed by atoms with E-state index >= 15 is 0 Å². The maximum atomic E-state index is 5.94. The fraction of sp³-hybridized carbons (Fsp3) is 0.615. The van der Waals surface area contributed by atoms with Gasteiger partial charge in [0.15, 0.2) is 0 Å². The lowest BCUT2D eigenvalue weighted by Crippen LogP contribution is -2.39. The zero-order valence-corrected chi connectivity index (χ0v) is 12.1. The van der Waals surface area contributed by atoms with Gasteiger partial charge in [-0.1, -0.05) is 0 Å². The van der Waals surface area contributed by atoms with Crippen molar-refractivity contribution in [3.63, 3.8) is 0 Å². The second kappa shape index (κ2) is 5.36. The maximum absolute atomic E-state index is 5.94. The van der Waals surface area contributed by atoms with Gasteiger partial charge in [0.2, 0.25) is 0 Å². The molecule has 1 aromatic heterocycles. The van der Waals surface area contributed by atoms with E-state index in [2.05, 4.69) is 45.0 Å². The Balaban J connectivity index is 2.08. The minimum Gasteiger partial charge on any atom is -0.357 e. The summed E-state index contributed by atoms with van der Waals surface area (Å²) >= 11 is 3.48. The monoisotopic (exact) mass is 297 g/mol. The Morgan fingerprint density at radius 2 is 1.94 bits per heavy atom. The highest BCUT2D eigenvalue weighted by atomic mass is 79.9. The first kappa shape index (κ1) is 12.8. The van der Waals surface area contributed by atoms with Crippen LogP contribution in [0, 0.1) is 6.92 Å². The van der Waals surface area contributed by atoms with Gasteiger partial charge in [-0.15, -0.1) is 0 Å². The fourth-order valence-corrected chi connectivity index (χ4v) is 2.62. The van der Waals surface area contributed by atoms with Crippen LogP contribution in [0.3, 0.4) is 0 Å². The van der Waals surface area contributed by atoms with Gasteiger partial charge in [-0.3, -0.25) is 0 Å². The molecule has 0 spiro atoms. The van der Waals surface area contributed by atoms with E-state index < -0.39 is 0 Å². The molecule has 0 atom stereocenters. The number of nitrogens with zero attached hydrogens (tertiary/aromatic N) is 2. The molecule has 94 valence electrons. The molecular formula is C13H20BrN3. The zero-order valence-electron chi connectivity index (χ0n) is 10.5. The number of nitrogens with two attached hydrogens (primary N) is 1. The number of aryl methyl sites for hydroxylation is 1. The van der Waals surface area contributed by atoms with Crippen LogP contribution in [0.5, 0.6) is 0 Å². The van der Waals surface area contributed by atoms with Crippen LogP contribution in [-0.4, -0.2) is 24.1 Å². The molecule has 1 heterocycles. The molecule has 0 unspecified atom stereocenters. The van der Waals surface area contributed by atoms with E-state index in [0.717, 1.165) is 28.8 Å². The molecule has 0 aromatic carbocycles. The van der Waals surface area contributed by atoms with Gasteiger partial charge in [0, 0.05) is 23.6 Å². The summed E-state index contributed by atoms with van der Waals surface area (Å²) in [5.41, 5.74) is 6.98. The molecule has 0 bridgehead atoms. The van der Waals surface area contributed by atoms with E-state index in [0.29, 0.717) is 12.1 Å². The molecule has 1 aliphatic carbocycles. The third-order valence-electron chi connectivity index (χ3n) is 3.66. The van der Waals surface area contributed by atoms with Crippen LogP contribution >= 0.6 is 15.9 Å². The Labute approximate surface area is 112 Å². The molecule has 0 aliphatic heterocycles. The first-order valence-electron chi connectivity index (χ1n) is 6.19. The molecular weight excluding hydrogens is 278 g/mol. The van der Waals surface area contributed by atoms with Crippen molar-refractivity contribution in [3.05, 3.63) is 22.3 Å². The molecule has 1 aliphatic rings. The Morgan fingerprint density at radius 1 is 1.29 bits per heavy atom. The normalized spacial score (nSPS) is 24.7. The number of hydrogen-bond acceptors (Lipinski definition) is 3. The van der Waals surface area contributed by atoms with Crippen molar-refractivity contribution in [1.29, 1.82) is 0 Å². The van der Waals surface area contributed by atoms with E-state index in [1.165, 1.54) is 12.8 Å². The highest BCUT2D eigenvalue weighted by molar-refractivity contribution is 9.10. The van der Waals surface area contributed by atoms with E-state index in [9.17, 15) is 0 Å². The Bertz CT molecular complexity index is 386. The van der Waals surface area contributed by atoms with Gasteiger partial charge in [0.1, 0.15) is 5.82 Å². The van der Waals surface area contributed by atoms with E-state index in [1.54, 1.807) is 0 Å². The van der Waals surface area contributed by atoms with Gasteiger partial charge >= 0.3 is 0 Å². The Morgan fingerprint density at radius 3 is 2.53 bits per heavy atom. The van der Waals surface area contributed by atoms with E-state index in [-0.39, 0.29) is 0 Å². The minimum atomic E-state index is 0.402. The third kappa shape index (κ3) is 2.99. The number of aromatic nitrogens is 1. The summed E-state index contributed by atoms with van der Waals surface area (Å²) in [5, 5.41) is 0. The van der Waals surface area contributed by atoms with E-state index in [1.807, 2.05) is 6.92 Å². The number of pyridine rings is 1. The van der Waals surface area contributed by atoms with Gasteiger partial charge in [-0.2, -0.15) is 0 Å². The highest BCUT2D eigenvalue weighted by Crippen LogP contribution is 2.26. The number of halogens is 1. The van der Waals surface area contributed by atoms with Crippen molar-refractivity contribution in [2.45, 2.75) is 44.7 Å². The lowest BCUT2D eigenvalue weighted by molar-refractivity contribution is 0.383. The molecule has 0 saturated heterocycles. The van der Waals surface area contributed by atoms with Crippen molar-refractivity contribution in [2.24, 2.45) is 5.73 Å². The Hall–Kier alpha value is -0.610. The maximum Gasteiger partial charge on any atom is 0.128 e. The average molecular weight is 298 g/mol. The molecule has 2 rings (SSSR count). The highest BCUT2D eigenvalue weighted by Gasteiger charge is 2.22. The topological polar surface area (TPSA) is 42.2 Å². The van der Waals surface area contributed by atoms with Crippen LogP contribution in [0.1, 0.15) is 31.4 Å². The second-order valence-corrected chi connectivity index (χ2v) is 5.77. The molecule has 0 radical (unpaired) electrons. The predicted molar refractivity (Wildman–Crippen MR) is 75.3 cm³/mol. The van der Waals surface area contributed by atoms with Gasteiger partial charge in [-0.25, -0.2) is 4.98 Å². The lowest BCUT2D eigenvalue weighted by Gasteiger charge is -2.34. The standard InChI is InChI=1S/C13H20BrN3/c1-9-12(14)7-8-13(16-9)17(2)11-5-3-10(15)4-6-11/h7-8,10-11H,3-6,15H2,1-2H3. The van der Waals surface area contributed by atoms with Gasteiger partial charge in [-0.05, 0) is 60.7 Å². The predicted octanol–water partition coefficient (Wildman–Crippen LogP) is 2.86. The minimum absolute atomic E-state index is 0.402. The molecule has 3 nitrogen and oxygen atoms in total. The van der Waals surface area contributed by atoms with Crippen molar-refractivity contribution >= 4 is 21.7 Å². The van der Waals surface area contributed by atoms with Crippen LogP contribution in [0.15, 0.2) is 16.6 Å².